The minimum atomic E-state index is 0.343. The number of aryl methyl sites for hydroxylation is 1. The van der Waals surface area contributed by atoms with Crippen molar-refractivity contribution in [3.05, 3.63) is 52.5 Å². The number of hydrogen-bond acceptors (Lipinski definition) is 3. The molecule has 0 fully saturated rings. The largest absolute Gasteiger partial charge is 0.306 e. The van der Waals surface area contributed by atoms with Crippen LogP contribution in [0.15, 0.2) is 41.9 Å². The van der Waals surface area contributed by atoms with Crippen molar-refractivity contribution in [3.63, 3.8) is 0 Å². The average Bonchev–Trinajstić information content (AvgIpc) is 2.91. The molecule has 0 radical (unpaired) electrons. The summed E-state index contributed by atoms with van der Waals surface area (Å²) in [5.74, 6) is 0. The Bertz CT molecular complexity index is 439. The van der Waals surface area contributed by atoms with E-state index in [0.717, 1.165) is 12.8 Å². The maximum Gasteiger partial charge on any atom is 0.109 e. The topological polar surface area (TPSA) is 24.9 Å². The van der Waals surface area contributed by atoms with Crippen LogP contribution in [0.3, 0.4) is 0 Å². The van der Waals surface area contributed by atoms with Crippen LogP contribution in [0.25, 0.3) is 0 Å². The molecule has 0 aliphatic rings. The summed E-state index contributed by atoms with van der Waals surface area (Å²) in [6.45, 7) is 4.42. The highest BCUT2D eigenvalue weighted by atomic mass is 32.1. The number of thiazole rings is 1. The Morgan fingerprint density at radius 2 is 2.00 bits per heavy atom. The van der Waals surface area contributed by atoms with Gasteiger partial charge in [0.05, 0.1) is 6.04 Å². The summed E-state index contributed by atoms with van der Waals surface area (Å²) >= 11 is 1.71. The molecule has 18 heavy (non-hydrogen) atoms. The normalized spacial score (nSPS) is 14.3. The monoisotopic (exact) mass is 260 g/mol. The SMILES string of the molecule is CC(CCc1ccccc1)NC(C)c1nccs1. The summed E-state index contributed by atoms with van der Waals surface area (Å²) in [6.07, 6.45) is 4.14. The number of nitrogens with one attached hydrogen (secondary N) is 1. The van der Waals surface area contributed by atoms with Crippen molar-refractivity contribution >= 4 is 11.3 Å². The Hall–Kier alpha value is -1.19. The molecule has 2 atom stereocenters. The van der Waals surface area contributed by atoms with Gasteiger partial charge >= 0.3 is 0 Å². The minimum Gasteiger partial charge on any atom is -0.306 e. The zero-order valence-corrected chi connectivity index (χ0v) is 11.8. The van der Waals surface area contributed by atoms with E-state index in [-0.39, 0.29) is 0 Å². The smallest absolute Gasteiger partial charge is 0.109 e. The Labute approximate surface area is 113 Å². The second kappa shape index (κ2) is 6.66. The van der Waals surface area contributed by atoms with Crippen molar-refractivity contribution in [2.24, 2.45) is 0 Å². The second-order valence-electron chi connectivity index (χ2n) is 4.68. The zero-order chi connectivity index (χ0) is 12.8. The van der Waals surface area contributed by atoms with Gasteiger partial charge < -0.3 is 5.32 Å². The fraction of sp³-hybridized carbons (Fsp3) is 0.400. The van der Waals surface area contributed by atoms with Gasteiger partial charge in [0.2, 0.25) is 0 Å². The molecule has 1 aromatic carbocycles. The predicted molar refractivity (Wildman–Crippen MR) is 77.9 cm³/mol. The Morgan fingerprint density at radius 3 is 2.67 bits per heavy atom. The summed E-state index contributed by atoms with van der Waals surface area (Å²) in [7, 11) is 0. The highest BCUT2D eigenvalue weighted by Gasteiger charge is 2.11. The van der Waals surface area contributed by atoms with Gasteiger partial charge in [0.15, 0.2) is 0 Å². The standard InChI is InChI=1S/C15H20N2S/c1-12(8-9-14-6-4-3-5-7-14)17-13(2)15-16-10-11-18-15/h3-7,10-13,17H,8-9H2,1-2H3. The van der Waals surface area contributed by atoms with Gasteiger partial charge in [0, 0.05) is 17.6 Å². The number of aromatic nitrogens is 1. The van der Waals surface area contributed by atoms with Crippen molar-refractivity contribution < 1.29 is 0 Å². The lowest BCUT2D eigenvalue weighted by molar-refractivity contribution is 0.455. The Morgan fingerprint density at radius 1 is 1.22 bits per heavy atom. The lowest BCUT2D eigenvalue weighted by atomic mass is 10.1. The van der Waals surface area contributed by atoms with Gasteiger partial charge in [-0.3, -0.25) is 0 Å². The molecule has 0 spiro atoms. The van der Waals surface area contributed by atoms with Crippen molar-refractivity contribution in [3.8, 4) is 0 Å². The summed E-state index contributed by atoms with van der Waals surface area (Å²) in [5.41, 5.74) is 1.41. The summed E-state index contributed by atoms with van der Waals surface area (Å²) in [6, 6.07) is 11.5. The van der Waals surface area contributed by atoms with Gasteiger partial charge in [-0.25, -0.2) is 4.98 Å². The van der Waals surface area contributed by atoms with Crippen LogP contribution in [0.2, 0.25) is 0 Å². The van der Waals surface area contributed by atoms with Crippen LogP contribution < -0.4 is 5.32 Å². The maximum absolute atomic E-state index is 4.34. The fourth-order valence-corrected chi connectivity index (χ4v) is 2.71. The molecule has 2 rings (SSSR count). The van der Waals surface area contributed by atoms with Crippen molar-refractivity contribution in [2.75, 3.05) is 0 Å². The summed E-state index contributed by atoms with van der Waals surface area (Å²) in [5, 5.41) is 6.80. The van der Waals surface area contributed by atoms with Gasteiger partial charge in [-0.2, -0.15) is 0 Å². The maximum atomic E-state index is 4.34. The van der Waals surface area contributed by atoms with E-state index in [1.54, 1.807) is 11.3 Å². The van der Waals surface area contributed by atoms with Crippen LogP contribution in [0.4, 0.5) is 0 Å². The van der Waals surface area contributed by atoms with Gasteiger partial charge in [0.1, 0.15) is 5.01 Å². The first-order valence-electron chi connectivity index (χ1n) is 6.45. The fourth-order valence-electron chi connectivity index (χ4n) is 2.06. The molecular weight excluding hydrogens is 240 g/mol. The number of rotatable bonds is 6. The van der Waals surface area contributed by atoms with Gasteiger partial charge in [-0.1, -0.05) is 30.3 Å². The molecule has 2 nitrogen and oxygen atoms in total. The molecule has 0 saturated carbocycles. The highest BCUT2D eigenvalue weighted by molar-refractivity contribution is 7.09. The zero-order valence-electron chi connectivity index (χ0n) is 11.0. The van der Waals surface area contributed by atoms with Crippen molar-refractivity contribution in [1.29, 1.82) is 0 Å². The van der Waals surface area contributed by atoms with Crippen LogP contribution in [-0.4, -0.2) is 11.0 Å². The van der Waals surface area contributed by atoms with Gasteiger partial charge in [-0.05, 0) is 32.3 Å². The molecule has 3 heteroatoms. The average molecular weight is 260 g/mol. The lowest BCUT2D eigenvalue weighted by Gasteiger charge is -2.18. The van der Waals surface area contributed by atoms with E-state index >= 15 is 0 Å². The number of hydrogen-bond donors (Lipinski definition) is 1. The summed E-state index contributed by atoms with van der Waals surface area (Å²) in [4.78, 5) is 4.34. The number of benzene rings is 1. The summed E-state index contributed by atoms with van der Waals surface area (Å²) < 4.78 is 0. The highest BCUT2D eigenvalue weighted by Crippen LogP contribution is 2.16. The third-order valence-corrected chi connectivity index (χ3v) is 4.02. The van der Waals surface area contributed by atoms with Gasteiger partial charge in [0.25, 0.3) is 0 Å². The number of nitrogens with zero attached hydrogens (tertiary/aromatic N) is 1. The molecule has 1 N–H and O–H groups in total. The van der Waals surface area contributed by atoms with E-state index in [1.807, 2.05) is 11.6 Å². The van der Waals surface area contributed by atoms with Gasteiger partial charge in [-0.15, -0.1) is 11.3 Å². The first-order chi connectivity index (χ1) is 8.75. The van der Waals surface area contributed by atoms with E-state index < -0.39 is 0 Å². The van der Waals surface area contributed by atoms with Crippen molar-refractivity contribution in [1.82, 2.24) is 10.3 Å². The van der Waals surface area contributed by atoms with Crippen LogP contribution in [0.5, 0.6) is 0 Å². The van der Waals surface area contributed by atoms with E-state index in [4.69, 9.17) is 0 Å². The van der Waals surface area contributed by atoms with E-state index in [1.165, 1.54) is 10.6 Å². The van der Waals surface area contributed by atoms with Crippen LogP contribution >= 0.6 is 11.3 Å². The molecule has 1 heterocycles. The molecule has 0 bridgehead atoms. The lowest BCUT2D eigenvalue weighted by Crippen LogP contribution is -2.29. The second-order valence-corrected chi connectivity index (χ2v) is 5.61. The molecule has 0 amide bonds. The molecule has 0 saturated heterocycles. The van der Waals surface area contributed by atoms with Crippen LogP contribution in [0.1, 0.15) is 36.9 Å². The molecule has 96 valence electrons. The third-order valence-electron chi connectivity index (χ3n) is 3.07. The Kier molecular flexibility index (Phi) is 4.90. The molecular formula is C15H20N2S. The molecule has 0 aliphatic heterocycles. The first kappa shape index (κ1) is 13.2. The molecule has 2 aromatic rings. The van der Waals surface area contributed by atoms with E-state index in [9.17, 15) is 0 Å². The molecule has 2 unspecified atom stereocenters. The van der Waals surface area contributed by atoms with Crippen molar-refractivity contribution in [2.45, 2.75) is 38.8 Å². The van der Waals surface area contributed by atoms with E-state index in [0.29, 0.717) is 12.1 Å². The van der Waals surface area contributed by atoms with E-state index in [2.05, 4.69) is 54.5 Å². The van der Waals surface area contributed by atoms with Crippen LogP contribution in [0, 0.1) is 0 Å². The molecule has 1 aromatic heterocycles. The Balaban J connectivity index is 1.77. The first-order valence-corrected chi connectivity index (χ1v) is 7.33. The quantitative estimate of drug-likeness (QED) is 0.854. The third kappa shape index (κ3) is 3.93. The van der Waals surface area contributed by atoms with Crippen LogP contribution in [-0.2, 0) is 6.42 Å². The minimum absolute atomic E-state index is 0.343. The predicted octanol–water partition coefficient (Wildman–Crippen LogP) is 3.82. The molecule has 0 aliphatic carbocycles.